The van der Waals surface area contributed by atoms with Crippen LogP contribution in [0.3, 0.4) is 0 Å². The largest absolute Gasteiger partial charge is 0.400 e. The van der Waals surface area contributed by atoms with Crippen molar-refractivity contribution >= 4 is 40.7 Å². The lowest BCUT2D eigenvalue weighted by atomic mass is 9.76. The van der Waals surface area contributed by atoms with Crippen LogP contribution in [-0.4, -0.2) is 54.5 Å². The molecule has 1 aromatic carbocycles. The Balaban J connectivity index is 1.80. The van der Waals surface area contributed by atoms with Gasteiger partial charge in [0, 0.05) is 34.3 Å². The Morgan fingerprint density at radius 1 is 1.36 bits per heavy atom. The first-order valence-corrected chi connectivity index (χ1v) is 11.9. The minimum atomic E-state index is -4.63. The van der Waals surface area contributed by atoms with Crippen LogP contribution in [-0.2, 0) is 9.63 Å². The van der Waals surface area contributed by atoms with Crippen LogP contribution in [0, 0.1) is 12.3 Å². The molecule has 0 saturated carbocycles. The predicted molar refractivity (Wildman–Crippen MR) is 133 cm³/mol. The molecule has 1 saturated heterocycles. The van der Waals surface area contributed by atoms with Gasteiger partial charge >= 0.3 is 6.18 Å². The van der Waals surface area contributed by atoms with Crippen LogP contribution in [0.2, 0.25) is 0 Å². The maximum atomic E-state index is 14.3. The normalized spacial score (nSPS) is 23.2. The van der Waals surface area contributed by atoms with Gasteiger partial charge in [-0.25, -0.2) is 5.06 Å². The molecule has 6 nitrogen and oxygen atoms in total. The van der Waals surface area contributed by atoms with Crippen molar-refractivity contribution in [3.8, 4) is 0 Å². The van der Waals surface area contributed by atoms with E-state index >= 15 is 0 Å². The number of hydroxylamine groups is 2. The fourth-order valence-electron chi connectivity index (χ4n) is 4.10. The Labute approximate surface area is 217 Å². The topological polar surface area (TPSA) is 71.0 Å². The number of carbonyl (C=O) groups is 2. The average molecular weight is 544 g/mol. The second kappa shape index (κ2) is 10.8. The third kappa shape index (κ3) is 5.68. The minimum absolute atomic E-state index is 0.0315. The molecule has 0 bridgehead atoms. The number of aliphatic imine (C=N–C) groups is 1. The molecular formula is C25H26Cl2F3N3O3. The zero-order valence-corrected chi connectivity index (χ0v) is 21.5. The lowest BCUT2D eigenvalue weighted by Crippen LogP contribution is -2.42. The number of benzene rings is 1. The Hall–Kier alpha value is -2.62. The zero-order chi connectivity index (χ0) is 26.8. The fraction of sp³-hybridized carbons (Fsp3) is 0.400. The van der Waals surface area contributed by atoms with E-state index in [0.717, 1.165) is 6.08 Å². The van der Waals surface area contributed by atoms with Gasteiger partial charge in [0.15, 0.2) is 0 Å². The van der Waals surface area contributed by atoms with Crippen LogP contribution >= 0.6 is 23.2 Å². The maximum Gasteiger partial charge on any atom is 0.400 e. The number of rotatable bonds is 7. The highest BCUT2D eigenvalue weighted by molar-refractivity contribution is 6.34. The van der Waals surface area contributed by atoms with E-state index in [1.54, 1.807) is 32.9 Å². The van der Waals surface area contributed by atoms with Crippen molar-refractivity contribution in [2.45, 2.75) is 39.4 Å². The van der Waals surface area contributed by atoms with Gasteiger partial charge in [0.05, 0.1) is 6.54 Å². The van der Waals surface area contributed by atoms with Crippen LogP contribution in [0.25, 0.3) is 0 Å². The standard InChI is InChI=1S/C25H26Cl2F3N3O3/c1-5-33-23(35)21(12-36-33)32-22(34)19-7-6-17(8-14(19)2)20-11-24(13-31-20,25(28,29)30)15(3)9-18(27)10-16(4)26/h6-10,21H,3,5,11-13H2,1-2,4H3,(H,32,34)/b16-10+,18-9+/t21-,24+/m1/s1. The van der Waals surface area contributed by atoms with Crippen molar-refractivity contribution in [1.82, 2.24) is 10.4 Å². The maximum absolute atomic E-state index is 14.3. The number of hydrogen-bond donors (Lipinski definition) is 1. The van der Waals surface area contributed by atoms with Gasteiger partial charge < -0.3 is 5.32 Å². The Kier molecular flexibility index (Phi) is 8.37. The van der Waals surface area contributed by atoms with E-state index in [0.29, 0.717) is 28.3 Å². The highest BCUT2D eigenvalue weighted by Crippen LogP contribution is 2.51. The molecule has 3 rings (SSSR count). The molecule has 0 unspecified atom stereocenters. The van der Waals surface area contributed by atoms with Crippen LogP contribution in [0.15, 0.2) is 57.6 Å². The summed E-state index contributed by atoms with van der Waals surface area (Å²) in [4.78, 5) is 34.3. The van der Waals surface area contributed by atoms with Gasteiger partial charge in [0.2, 0.25) is 0 Å². The molecule has 0 aromatic heterocycles. The van der Waals surface area contributed by atoms with Gasteiger partial charge in [0.1, 0.15) is 18.1 Å². The van der Waals surface area contributed by atoms with E-state index in [-0.39, 0.29) is 28.8 Å². The number of halogens is 5. The zero-order valence-electron chi connectivity index (χ0n) is 20.0. The van der Waals surface area contributed by atoms with Crippen LogP contribution < -0.4 is 5.32 Å². The van der Waals surface area contributed by atoms with E-state index in [2.05, 4.69) is 16.9 Å². The number of likely N-dealkylation sites (N-methyl/N-ethyl adjacent to an activating group) is 1. The van der Waals surface area contributed by atoms with Crippen LogP contribution in [0.4, 0.5) is 13.2 Å². The second-order valence-corrected chi connectivity index (χ2v) is 9.72. The van der Waals surface area contributed by atoms with Gasteiger partial charge in [0.25, 0.3) is 11.8 Å². The molecule has 2 amide bonds. The lowest BCUT2D eigenvalue weighted by molar-refractivity contribution is -0.200. The number of nitrogens with one attached hydrogen (secondary N) is 1. The van der Waals surface area contributed by atoms with E-state index in [1.165, 1.54) is 17.2 Å². The molecule has 1 fully saturated rings. The molecular weight excluding hydrogens is 518 g/mol. The van der Waals surface area contributed by atoms with Crippen molar-refractivity contribution in [1.29, 1.82) is 0 Å². The van der Waals surface area contributed by atoms with Gasteiger partial charge in [-0.3, -0.25) is 19.4 Å². The third-order valence-corrected chi connectivity index (χ3v) is 6.48. The van der Waals surface area contributed by atoms with Crippen molar-refractivity contribution in [2.24, 2.45) is 10.4 Å². The van der Waals surface area contributed by atoms with Gasteiger partial charge in [-0.15, -0.1) is 0 Å². The number of hydrogen-bond acceptors (Lipinski definition) is 4. The first kappa shape index (κ1) is 28.0. The molecule has 36 heavy (non-hydrogen) atoms. The summed E-state index contributed by atoms with van der Waals surface area (Å²) in [6, 6.07) is 3.86. The number of amides is 2. The van der Waals surface area contributed by atoms with Crippen LogP contribution in [0.5, 0.6) is 0 Å². The van der Waals surface area contributed by atoms with E-state index < -0.39 is 36.5 Å². The molecule has 1 N–H and O–H groups in total. The number of alkyl halides is 3. The summed E-state index contributed by atoms with van der Waals surface area (Å²) >= 11 is 11.8. The Morgan fingerprint density at radius 3 is 2.61 bits per heavy atom. The number of aryl methyl sites for hydroxylation is 1. The molecule has 1 aromatic rings. The highest BCUT2D eigenvalue weighted by atomic mass is 35.5. The molecule has 2 atom stereocenters. The van der Waals surface area contributed by atoms with Gasteiger partial charge in [-0.05, 0) is 61.8 Å². The molecule has 2 aliphatic rings. The first-order valence-electron chi connectivity index (χ1n) is 11.2. The van der Waals surface area contributed by atoms with Gasteiger partial charge in [-0.1, -0.05) is 35.8 Å². The third-order valence-electron chi connectivity index (χ3n) is 6.15. The van der Waals surface area contributed by atoms with Crippen molar-refractivity contribution in [3.05, 3.63) is 69.3 Å². The number of nitrogens with zero attached hydrogens (tertiary/aromatic N) is 2. The summed E-state index contributed by atoms with van der Waals surface area (Å²) in [5.74, 6) is -0.817. The smallest absolute Gasteiger partial charge is 0.338 e. The molecule has 194 valence electrons. The fourth-order valence-corrected chi connectivity index (χ4v) is 4.57. The molecule has 2 aliphatic heterocycles. The van der Waals surface area contributed by atoms with Crippen LogP contribution in [0.1, 0.15) is 41.8 Å². The summed E-state index contributed by atoms with van der Waals surface area (Å²) in [5.41, 5.74) is -0.994. The average Bonchev–Trinajstić information content (AvgIpc) is 3.38. The van der Waals surface area contributed by atoms with Crippen molar-refractivity contribution < 1.29 is 27.6 Å². The minimum Gasteiger partial charge on any atom is -0.338 e. The quantitative estimate of drug-likeness (QED) is 0.465. The highest BCUT2D eigenvalue weighted by Gasteiger charge is 2.58. The Bertz CT molecular complexity index is 1170. The van der Waals surface area contributed by atoms with Crippen molar-refractivity contribution in [2.75, 3.05) is 19.7 Å². The second-order valence-electron chi connectivity index (χ2n) is 8.69. The van der Waals surface area contributed by atoms with Gasteiger partial charge in [-0.2, -0.15) is 13.2 Å². The van der Waals surface area contributed by atoms with E-state index in [4.69, 9.17) is 28.0 Å². The monoisotopic (exact) mass is 543 g/mol. The summed E-state index contributed by atoms with van der Waals surface area (Å²) in [6.45, 7) is 8.49. The molecule has 0 spiro atoms. The summed E-state index contributed by atoms with van der Waals surface area (Å²) in [5, 5.41) is 4.17. The lowest BCUT2D eigenvalue weighted by Gasteiger charge is -2.32. The first-order chi connectivity index (χ1) is 16.8. The summed E-state index contributed by atoms with van der Waals surface area (Å²) in [7, 11) is 0. The molecule has 2 heterocycles. The number of allylic oxidation sites excluding steroid dienone is 4. The Morgan fingerprint density at radius 2 is 2.06 bits per heavy atom. The molecule has 0 radical (unpaired) electrons. The molecule has 11 heteroatoms. The number of carbonyl (C=O) groups excluding carboxylic acids is 2. The summed E-state index contributed by atoms with van der Waals surface area (Å²) < 4.78 is 42.8. The predicted octanol–water partition coefficient (Wildman–Crippen LogP) is 5.45. The van der Waals surface area contributed by atoms with E-state index in [9.17, 15) is 22.8 Å². The van der Waals surface area contributed by atoms with Crippen molar-refractivity contribution in [3.63, 3.8) is 0 Å². The molecule has 0 aliphatic carbocycles. The van der Waals surface area contributed by atoms with E-state index in [1.807, 2.05) is 0 Å². The SMILES string of the molecule is C=C(/C=C(Cl)\C=C(/C)Cl)[C@@]1(C(F)(F)F)CN=C(c2ccc(C(=O)N[C@@H]3CON(CC)C3=O)c(C)c2)C1. The summed E-state index contributed by atoms with van der Waals surface area (Å²) in [6.07, 6.45) is -2.55.